The minimum atomic E-state index is 0.293. The molecule has 4 rings (SSSR count). The maximum atomic E-state index is 10.1. The number of phenols is 1. The van der Waals surface area contributed by atoms with E-state index in [1.807, 2.05) is 12.1 Å². The molecule has 1 N–H and O–H groups in total. The minimum absolute atomic E-state index is 0.293. The second-order valence-electron chi connectivity index (χ2n) is 6.99. The van der Waals surface area contributed by atoms with E-state index in [2.05, 4.69) is 79.5 Å². The SMILES string of the molecule is C[C@H](c1cccc2ccccc12)N(C)Cc1ccc2cccc(O)c2c1. The number of phenolic OH excluding ortho intramolecular Hbond substituents is 1. The molecule has 4 aromatic carbocycles. The fourth-order valence-corrected chi connectivity index (χ4v) is 3.68. The zero-order valence-corrected chi connectivity index (χ0v) is 15.2. The molecular weight excluding hydrogens is 318 g/mol. The van der Waals surface area contributed by atoms with Gasteiger partial charge in [-0.15, -0.1) is 0 Å². The summed E-state index contributed by atoms with van der Waals surface area (Å²) < 4.78 is 0. The summed E-state index contributed by atoms with van der Waals surface area (Å²) in [6.07, 6.45) is 0. The van der Waals surface area contributed by atoms with Crippen molar-refractivity contribution >= 4 is 21.5 Å². The third kappa shape index (κ3) is 3.04. The van der Waals surface area contributed by atoms with Gasteiger partial charge in [-0.1, -0.05) is 66.7 Å². The molecule has 2 nitrogen and oxygen atoms in total. The molecule has 0 saturated carbocycles. The van der Waals surface area contributed by atoms with Crippen LogP contribution < -0.4 is 0 Å². The minimum Gasteiger partial charge on any atom is -0.507 e. The van der Waals surface area contributed by atoms with Crippen molar-refractivity contribution in [2.45, 2.75) is 19.5 Å². The summed E-state index contributed by atoms with van der Waals surface area (Å²) in [6, 6.07) is 27.3. The first-order chi connectivity index (χ1) is 12.6. The Balaban J connectivity index is 1.63. The Hall–Kier alpha value is -2.84. The summed E-state index contributed by atoms with van der Waals surface area (Å²) in [7, 11) is 2.15. The van der Waals surface area contributed by atoms with E-state index < -0.39 is 0 Å². The number of benzene rings is 4. The van der Waals surface area contributed by atoms with Crippen LogP contribution in [0.5, 0.6) is 5.75 Å². The third-order valence-electron chi connectivity index (χ3n) is 5.29. The molecule has 26 heavy (non-hydrogen) atoms. The van der Waals surface area contributed by atoms with Crippen molar-refractivity contribution in [2.24, 2.45) is 0 Å². The monoisotopic (exact) mass is 341 g/mol. The van der Waals surface area contributed by atoms with Gasteiger partial charge in [-0.3, -0.25) is 4.90 Å². The van der Waals surface area contributed by atoms with E-state index in [0.717, 1.165) is 17.3 Å². The van der Waals surface area contributed by atoms with Gasteiger partial charge in [0.05, 0.1) is 0 Å². The van der Waals surface area contributed by atoms with Crippen LogP contribution in [0.2, 0.25) is 0 Å². The number of rotatable bonds is 4. The number of nitrogens with zero attached hydrogens (tertiary/aromatic N) is 1. The standard InChI is InChI=1S/C24H23NO/c1-17(21-11-5-8-19-7-3-4-10-22(19)21)25(2)16-18-13-14-20-9-6-12-24(26)23(20)15-18/h3-15,17,26H,16H2,1-2H3/t17-/m1/s1. The highest BCUT2D eigenvalue weighted by atomic mass is 16.3. The molecule has 130 valence electrons. The van der Waals surface area contributed by atoms with Gasteiger partial charge < -0.3 is 5.11 Å². The van der Waals surface area contributed by atoms with E-state index >= 15 is 0 Å². The lowest BCUT2D eigenvalue weighted by Gasteiger charge is -2.26. The van der Waals surface area contributed by atoms with E-state index in [0.29, 0.717) is 11.8 Å². The summed E-state index contributed by atoms with van der Waals surface area (Å²) in [5.41, 5.74) is 2.54. The Morgan fingerprint density at radius 2 is 1.50 bits per heavy atom. The van der Waals surface area contributed by atoms with Crippen molar-refractivity contribution in [2.75, 3.05) is 7.05 Å². The van der Waals surface area contributed by atoms with Gasteiger partial charge in [0.2, 0.25) is 0 Å². The normalized spacial score (nSPS) is 12.7. The maximum absolute atomic E-state index is 10.1. The van der Waals surface area contributed by atoms with E-state index in [1.54, 1.807) is 6.07 Å². The lowest BCUT2D eigenvalue weighted by Crippen LogP contribution is -2.22. The zero-order chi connectivity index (χ0) is 18.1. The van der Waals surface area contributed by atoms with Crippen molar-refractivity contribution in [1.29, 1.82) is 0 Å². The summed E-state index contributed by atoms with van der Waals surface area (Å²) in [6.45, 7) is 3.08. The molecule has 0 bridgehead atoms. The van der Waals surface area contributed by atoms with Crippen LogP contribution in [0.1, 0.15) is 24.1 Å². The Morgan fingerprint density at radius 1 is 0.808 bits per heavy atom. The molecule has 0 unspecified atom stereocenters. The maximum Gasteiger partial charge on any atom is 0.123 e. The first-order valence-corrected chi connectivity index (χ1v) is 9.02. The van der Waals surface area contributed by atoms with Crippen LogP contribution in [0.3, 0.4) is 0 Å². The Bertz CT molecular complexity index is 1060. The molecule has 0 aromatic heterocycles. The first kappa shape index (κ1) is 16.6. The van der Waals surface area contributed by atoms with Crippen LogP contribution in [0.4, 0.5) is 0 Å². The molecule has 0 heterocycles. The summed E-state index contributed by atoms with van der Waals surface area (Å²) in [5, 5.41) is 14.7. The Morgan fingerprint density at radius 3 is 2.35 bits per heavy atom. The van der Waals surface area contributed by atoms with Crippen molar-refractivity contribution < 1.29 is 5.11 Å². The molecule has 4 aromatic rings. The number of fused-ring (bicyclic) bond motifs is 2. The number of hydrogen-bond donors (Lipinski definition) is 1. The van der Waals surface area contributed by atoms with Crippen LogP contribution >= 0.6 is 0 Å². The zero-order valence-electron chi connectivity index (χ0n) is 15.2. The van der Waals surface area contributed by atoms with Gasteiger partial charge in [-0.2, -0.15) is 0 Å². The molecule has 2 heteroatoms. The molecule has 0 amide bonds. The van der Waals surface area contributed by atoms with Gasteiger partial charge in [0, 0.05) is 18.0 Å². The fourth-order valence-electron chi connectivity index (χ4n) is 3.68. The highest BCUT2D eigenvalue weighted by molar-refractivity contribution is 5.88. The van der Waals surface area contributed by atoms with Gasteiger partial charge in [-0.05, 0) is 53.4 Å². The Labute approximate surface area is 154 Å². The van der Waals surface area contributed by atoms with E-state index in [1.165, 1.54) is 21.9 Å². The van der Waals surface area contributed by atoms with Crippen LogP contribution in [0.15, 0.2) is 78.9 Å². The predicted molar refractivity (Wildman–Crippen MR) is 109 cm³/mol. The number of aromatic hydroxyl groups is 1. The third-order valence-corrected chi connectivity index (χ3v) is 5.29. The summed E-state index contributed by atoms with van der Waals surface area (Å²) >= 11 is 0. The fraction of sp³-hybridized carbons (Fsp3) is 0.167. The quantitative estimate of drug-likeness (QED) is 0.500. The van der Waals surface area contributed by atoms with Crippen LogP contribution in [-0.4, -0.2) is 17.1 Å². The molecule has 0 fully saturated rings. The lowest BCUT2D eigenvalue weighted by atomic mass is 9.98. The van der Waals surface area contributed by atoms with E-state index in [4.69, 9.17) is 0 Å². The molecule has 1 atom stereocenters. The van der Waals surface area contributed by atoms with Crippen LogP contribution in [0, 0.1) is 0 Å². The van der Waals surface area contributed by atoms with Gasteiger partial charge in [0.1, 0.15) is 5.75 Å². The smallest absolute Gasteiger partial charge is 0.123 e. The largest absolute Gasteiger partial charge is 0.507 e. The van der Waals surface area contributed by atoms with Crippen LogP contribution in [0.25, 0.3) is 21.5 Å². The van der Waals surface area contributed by atoms with E-state index in [9.17, 15) is 5.11 Å². The molecule has 0 saturated heterocycles. The second-order valence-corrected chi connectivity index (χ2v) is 6.99. The average molecular weight is 341 g/mol. The molecule has 0 aliphatic rings. The summed E-state index contributed by atoms with van der Waals surface area (Å²) in [4.78, 5) is 2.35. The highest BCUT2D eigenvalue weighted by Crippen LogP contribution is 2.30. The van der Waals surface area contributed by atoms with Crippen molar-refractivity contribution in [3.05, 3.63) is 90.0 Å². The van der Waals surface area contributed by atoms with Crippen molar-refractivity contribution in [1.82, 2.24) is 4.90 Å². The highest BCUT2D eigenvalue weighted by Gasteiger charge is 2.15. The van der Waals surface area contributed by atoms with Gasteiger partial charge >= 0.3 is 0 Å². The summed E-state index contributed by atoms with van der Waals surface area (Å²) in [5.74, 6) is 0.342. The van der Waals surface area contributed by atoms with Crippen molar-refractivity contribution in [3.63, 3.8) is 0 Å². The molecule has 0 radical (unpaired) electrons. The van der Waals surface area contributed by atoms with Crippen molar-refractivity contribution in [3.8, 4) is 5.75 Å². The molecule has 0 aliphatic heterocycles. The van der Waals surface area contributed by atoms with Gasteiger partial charge in [0.15, 0.2) is 0 Å². The number of hydrogen-bond acceptors (Lipinski definition) is 2. The lowest BCUT2D eigenvalue weighted by molar-refractivity contribution is 0.254. The Kier molecular flexibility index (Phi) is 4.36. The molecule has 0 aliphatic carbocycles. The van der Waals surface area contributed by atoms with Gasteiger partial charge in [0.25, 0.3) is 0 Å². The predicted octanol–water partition coefficient (Wildman–Crippen LogP) is 5.89. The first-order valence-electron chi connectivity index (χ1n) is 9.02. The average Bonchev–Trinajstić information content (AvgIpc) is 2.67. The molecular formula is C24H23NO. The topological polar surface area (TPSA) is 23.5 Å². The van der Waals surface area contributed by atoms with E-state index in [-0.39, 0.29) is 0 Å². The van der Waals surface area contributed by atoms with Crippen LogP contribution in [-0.2, 0) is 6.54 Å². The van der Waals surface area contributed by atoms with Gasteiger partial charge in [-0.25, -0.2) is 0 Å². The second kappa shape index (κ2) is 6.81. The molecule has 0 spiro atoms.